The SMILES string of the molecule is Cc1cc(C)c2sc(N(Cc3cccnc3)C(=O)c3ccn(C)n3)nc2c1. The van der Waals surface area contributed by atoms with Gasteiger partial charge in [0.1, 0.15) is 0 Å². The maximum absolute atomic E-state index is 13.2. The maximum atomic E-state index is 13.2. The third-order valence-electron chi connectivity index (χ3n) is 4.28. The Morgan fingerprint density at radius 2 is 2.11 bits per heavy atom. The van der Waals surface area contributed by atoms with Gasteiger partial charge in [-0.1, -0.05) is 23.5 Å². The Balaban J connectivity index is 1.79. The molecule has 4 aromatic rings. The smallest absolute Gasteiger partial charge is 0.278 e. The predicted octanol–water partition coefficient (Wildman–Crippen LogP) is 3.89. The van der Waals surface area contributed by atoms with Gasteiger partial charge in [-0.3, -0.25) is 19.4 Å². The van der Waals surface area contributed by atoms with Crippen LogP contribution in [-0.2, 0) is 13.6 Å². The van der Waals surface area contributed by atoms with E-state index in [0.29, 0.717) is 17.4 Å². The number of benzene rings is 1. The minimum absolute atomic E-state index is 0.173. The Morgan fingerprint density at radius 3 is 2.81 bits per heavy atom. The fraction of sp³-hybridized carbons (Fsp3) is 0.200. The van der Waals surface area contributed by atoms with E-state index in [1.165, 1.54) is 16.9 Å². The highest BCUT2D eigenvalue weighted by molar-refractivity contribution is 7.22. The predicted molar refractivity (Wildman–Crippen MR) is 107 cm³/mol. The number of thiazole rings is 1. The Labute approximate surface area is 161 Å². The molecule has 0 saturated heterocycles. The number of pyridine rings is 1. The molecule has 0 bridgehead atoms. The molecule has 0 atom stereocenters. The summed E-state index contributed by atoms with van der Waals surface area (Å²) in [6.07, 6.45) is 5.25. The third-order valence-corrected chi connectivity index (χ3v) is 5.51. The first-order valence-corrected chi connectivity index (χ1v) is 9.41. The summed E-state index contributed by atoms with van der Waals surface area (Å²) in [6.45, 7) is 4.52. The molecule has 1 amide bonds. The first kappa shape index (κ1) is 17.4. The molecule has 0 fully saturated rings. The summed E-state index contributed by atoms with van der Waals surface area (Å²) in [4.78, 5) is 23.8. The monoisotopic (exact) mass is 377 g/mol. The molecule has 4 rings (SSSR count). The van der Waals surface area contributed by atoms with Gasteiger partial charge in [-0.25, -0.2) is 4.98 Å². The number of rotatable bonds is 4. The van der Waals surface area contributed by atoms with Gasteiger partial charge in [-0.05, 0) is 48.7 Å². The van der Waals surface area contributed by atoms with Crippen LogP contribution in [0.2, 0.25) is 0 Å². The average molecular weight is 377 g/mol. The number of aryl methyl sites for hydroxylation is 3. The van der Waals surface area contributed by atoms with E-state index in [2.05, 4.69) is 36.1 Å². The van der Waals surface area contributed by atoms with Crippen molar-refractivity contribution in [2.24, 2.45) is 7.05 Å². The van der Waals surface area contributed by atoms with Crippen LogP contribution in [-0.4, -0.2) is 25.7 Å². The van der Waals surface area contributed by atoms with Crippen molar-refractivity contribution in [3.8, 4) is 0 Å². The van der Waals surface area contributed by atoms with Crippen molar-refractivity contribution >= 4 is 32.6 Å². The summed E-state index contributed by atoms with van der Waals surface area (Å²) >= 11 is 1.53. The van der Waals surface area contributed by atoms with Crippen LogP contribution in [0.4, 0.5) is 5.13 Å². The summed E-state index contributed by atoms with van der Waals surface area (Å²) in [5, 5.41) is 4.94. The molecule has 0 aliphatic carbocycles. The second-order valence-corrected chi connectivity index (χ2v) is 7.53. The lowest BCUT2D eigenvalue weighted by Crippen LogP contribution is -2.30. The maximum Gasteiger partial charge on any atom is 0.280 e. The zero-order chi connectivity index (χ0) is 19.0. The Hall–Kier alpha value is -3.06. The van der Waals surface area contributed by atoms with E-state index < -0.39 is 0 Å². The summed E-state index contributed by atoms with van der Waals surface area (Å²) in [7, 11) is 1.80. The molecular weight excluding hydrogens is 358 g/mol. The second-order valence-electron chi connectivity index (χ2n) is 6.55. The number of carbonyl (C=O) groups is 1. The summed E-state index contributed by atoms with van der Waals surface area (Å²) in [5.41, 5.74) is 4.58. The van der Waals surface area contributed by atoms with E-state index in [1.807, 2.05) is 12.1 Å². The van der Waals surface area contributed by atoms with Gasteiger partial charge >= 0.3 is 0 Å². The molecule has 7 heteroatoms. The number of amides is 1. The van der Waals surface area contributed by atoms with Crippen LogP contribution in [0.15, 0.2) is 48.9 Å². The number of hydrogen-bond acceptors (Lipinski definition) is 5. The molecule has 0 aliphatic rings. The molecule has 0 radical (unpaired) electrons. The van der Waals surface area contributed by atoms with Crippen LogP contribution in [0.3, 0.4) is 0 Å². The van der Waals surface area contributed by atoms with E-state index >= 15 is 0 Å². The van der Waals surface area contributed by atoms with Crippen LogP contribution in [0.25, 0.3) is 10.2 Å². The number of nitrogens with zero attached hydrogens (tertiary/aromatic N) is 5. The average Bonchev–Trinajstić information content (AvgIpc) is 3.26. The molecule has 27 heavy (non-hydrogen) atoms. The number of hydrogen-bond donors (Lipinski definition) is 0. The number of aromatic nitrogens is 4. The highest BCUT2D eigenvalue weighted by Gasteiger charge is 2.24. The van der Waals surface area contributed by atoms with Gasteiger partial charge < -0.3 is 0 Å². The van der Waals surface area contributed by atoms with Crippen molar-refractivity contribution in [1.29, 1.82) is 0 Å². The van der Waals surface area contributed by atoms with E-state index in [4.69, 9.17) is 4.98 Å². The number of fused-ring (bicyclic) bond motifs is 1. The first-order chi connectivity index (χ1) is 13.0. The lowest BCUT2D eigenvalue weighted by molar-refractivity contribution is 0.0979. The van der Waals surface area contributed by atoms with Crippen molar-refractivity contribution in [2.45, 2.75) is 20.4 Å². The minimum Gasteiger partial charge on any atom is -0.278 e. The molecular formula is C20H19N5OS. The number of anilines is 1. The van der Waals surface area contributed by atoms with E-state index in [1.54, 1.807) is 41.3 Å². The van der Waals surface area contributed by atoms with Gasteiger partial charge in [0.15, 0.2) is 10.8 Å². The lowest BCUT2D eigenvalue weighted by Gasteiger charge is -2.18. The summed E-state index contributed by atoms with van der Waals surface area (Å²) < 4.78 is 2.72. The largest absolute Gasteiger partial charge is 0.280 e. The minimum atomic E-state index is -0.173. The van der Waals surface area contributed by atoms with Gasteiger partial charge in [0.2, 0.25) is 0 Å². The van der Waals surface area contributed by atoms with Crippen molar-refractivity contribution < 1.29 is 4.79 Å². The van der Waals surface area contributed by atoms with Gasteiger partial charge in [0, 0.05) is 25.6 Å². The molecule has 0 aliphatic heterocycles. The Kier molecular flexibility index (Phi) is 4.45. The van der Waals surface area contributed by atoms with Crippen molar-refractivity contribution in [1.82, 2.24) is 19.7 Å². The molecule has 136 valence electrons. The zero-order valence-electron chi connectivity index (χ0n) is 15.4. The molecule has 6 nitrogen and oxygen atoms in total. The van der Waals surface area contributed by atoms with Gasteiger partial charge in [-0.2, -0.15) is 5.10 Å². The second kappa shape index (κ2) is 6.92. The highest BCUT2D eigenvalue weighted by Crippen LogP contribution is 2.33. The van der Waals surface area contributed by atoms with Crippen molar-refractivity contribution in [2.75, 3.05) is 4.90 Å². The topological polar surface area (TPSA) is 63.9 Å². The first-order valence-electron chi connectivity index (χ1n) is 8.59. The fourth-order valence-electron chi connectivity index (χ4n) is 3.05. The normalized spacial score (nSPS) is 11.1. The third kappa shape index (κ3) is 3.46. The molecule has 0 N–H and O–H groups in total. The highest BCUT2D eigenvalue weighted by atomic mass is 32.1. The van der Waals surface area contributed by atoms with Crippen molar-refractivity contribution in [3.63, 3.8) is 0 Å². The van der Waals surface area contributed by atoms with E-state index in [9.17, 15) is 4.79 Å². The molecule has 0 spiro atoms. The number of carbonyl (C=O) groups excluding carboxylic acids is 1. The summed E-state index contributed by atoms with van der Waals surface area (Å²) in [6, 6.07) is 9.73. The molecule has 0 unspecified atom stereocenters. The van der Waals surface area contributed by atoms with Crippen molar-refractivity contribution in [3.05, 3.63) is 71.3 Å². The Bertz CT molecular complexity index is 1120. The summed E-state index contributed by atoms with van der Waals surface area (Å²) in [5.74, 6) is -0.173. The van der Waals surface area contributed by atoms with Crippen LogP contribution in [0, 0.1) is 13.8 Å². The standard InChI is InChI=1S/C20H19N5OS/c1-13-9-14(2)18-17(10-13)22-20(27-18)25(12-15-5-4-7-21-11-15)19(26)16-6-8-24(3)23-16/h4-11H,12H2,1-3H3. The Morgan fingerprint density at radius 1 is 1.26 bits per heavy atom. The van der Waals surface area contributed by atoms with Gasteiger partial charge in [0.25, 0.3) is 5.91 Å². The van der Waals surface area contributed by atoms with Crippen LogP contribution in [0.5, 0.6) is 0 Å². The van der Waals surface area contributed by atoms with Crippen LogP contribution < -0.4 is 4.90 Å². The van der Waals surface area contributed by atoms with E-state index in [-0.39, 0.29) is 5.91 Å². The quantitative estimate of drug-likeness (QED) is 0.541. The zero-order valence-corrected chi connectivity index (χ0v) is 16.2. The van der Waals surface area contributed by atoms with Crippen LogP contribution in [0.1, 0.15) is 27.2 Å². The fourth-order valence-corrected chi connectivity index (χ4v) is 4.06. The molecule has 0 saturated carbocycles. The molecule has 3 heterocycles. The lowest BCUT2D eigenvalue weighted by atomic mass is 10.1. The molecule has 1 aromatic carbocycles. The van der Waals surface area contributed by atoms with Gasteiger partial charge in [-0.15, -0.1) is 0 Å². The van der Waals surface area contributed by atoms with E-state index in [0.717, 1.165) is 21.3 Å². The van der Waals surface area contributed by atoms with Gasteiger partial charge in [0.05, 0.1) is 16.8 Å². The molecule has 3 aromatic heterocycles. The van der Waals surface area contributed by atoms with Crippen LogP contribution >= 0.6 is 11.3 Å².